The number of carboxylic acids is 2. The van der Waals surface area contributed by atoms with E-state index in [2.05, 4.69) is 5.32 Å². The molecular formula is C9H12F3NO5S. The van der Waals surface area contributed by atoms with Gasteiger partial charge in [-0.05, 0) is 19.4 Å². The lowest BCUT2D eigenvalue weighted by atomic mass is 10.2. The molecule has 19 heavy (non-hydrogen) atoms. The summed E-state index contributed by atoms with van der Waals surface area (Å²) in [7, 11) is 0. The number of carbonyl (C=O) groups is 3. The lowest BCUT2D eigenvalue weighted by molar-refractivity contribution is -0.192. The predicted molar refractivity (Wildman–Crippen MR) is 59.8 cm³/mol. The molecule has 1 saturated heterocycles. The number of alkyl halides is 3. The Hall–Kier alpha value is -1.29. The van der Waals surface area contributed by atoms with Gasteiger partial charge in [0.15, 0.2) is 0 Å². The van der Waals surface area contributed by atoms with Crippen molar-refractivity contribution < 1.29 is 37.8 Å². The molecule has 0 aliphatic carbocycles. The molecule has 0 amide bonds. The Balaban J connectivity index is 0.000000399. The zero-order chi connectivity index (χ0) is 15.1. The van der Waals surface area contributed by atoms with Crippen LogP contribution in [0.5, 0.6) is 0 Å². The zero-order valence-corrected chi connectivity index (χ0v) is 10.4. The van der Waals surface area contributed by atoms with E-state index in [1.807, 2.05) is 0 Å². The number of hydrogen-bond donors (Lipinski definition) is 3. The van der Waals surface area contributed by atoms with E-state index >= 15 is 0 Å². The van der Waals surface area contributed by atoms with Crippen LogP contribution in [0.3, 0.4) is 0 Å². The zero-order valence-electron chi connectivity index (χ0n) is 9.57. The van der Waals surface area contributed by atoms with Gasteiger partial charge < -0.3 is 15.5 Å². The van der Waals surface area contributed by atoms with Crippen LogP contribution >= 0.6 is 11.8 Å². The molecule has 0 radical (unpaired) electrons. The minimum atomic E-state index is -5.08. The van der Waals surface area contributed by atoms with Gasteiger partial charge in [-0.3, -0.25) is 9.59 Å². The van der Waals surface area contributed by atoms with Crippen molar-refractivity contribution >= 4 is 28.8 Å². The molecule has 1 aliphatic rings. The first kappa shape index (κ1) is 17.7. The van der Waals surface area contributed by atoms with Crippen molar-refractivity contribution in [1.29, 1.82) is 0 Å². The first-order valence-electron chi connectivity index (χ1n) is 5.06. The molecule has 6 nitrogen and oxygen atoms in total. The fraction of sp³-hybridized carbons (Fsp3) is 0.667. The first-order chi connectivity index (χ1) is 8.64. The van der Waals surface area contributed by atoms with Crippen LogP contribution in [0.2, 0.25) is 0 Å². The Morgan fingerprint density at radius 1 is 1.26 bits per heavy atom. The van der Waals surface area contributed by atoms with Gasteiger partial charge in [-0.15, -0.1) is 0 Å². The summed E-state index contributed by atoms with van der Waals surface area (Å²) in [4.78, 5) is 30.2. The number of carbonyl (C=O) groups excluding carboxylic acids is 1. The lowest BCUT2D eigenvalue weighted by Gasteiger charge is -2.05. The van der Waals surface area contributed by atoms with Crippen LogP contribution in [0, 0.1) is 0 Å². The Morgan fingerprint density at radius 2 is 1.79 bits per heavy atom. The molecule has 3 N–H and O–H groups in total. The van der Waals surface area contributed by atoms with Crippen molar-refractivity contribution in [2.45, 2.75) is 25.1 Å². The fourth-order valence-electron chi connectivity index (χ4n) is 1.12. The molecule has 1 heterocycles. The van der Waals surface area contributed by atoms with E-state index < -0.39 is 18.1 Å². The second-order valence-corrected chi connectivity index (χ2v) is 4.43. The molecule has 1 atom stereocenters. The Morgan fingerprint density at radius 3 is 2.11 bits per heavy atom. The molecule has 0 spiro atoms. The van der Waals surface area contributed by atoms with Crippen LogP contribution in [0.4, 0.5) is 13.2 Å². The number of hydrogen-bond acceptors (Lipinski definition) is 5. The normalized spacial score (nSPS) is 18.4. The van der Waals surface area contributed by atoms with Gasteiger partial charge >= 0.3 is 18.1 Å². The van der Waals surface area contributed by atoms with E-state index in [0.29, 0.717) is 0 Å². The van der Waals surface area contributed by atoms with Crippen LogP contribution in [0.1, 0.15) is 12.8 Å². The maximum Gasteiger partial charge on any atom is 0.490 e. The highest BCUT2D eigenvalue weighted by Crippen LogP contribution is 2.14. The molecule has 0 saturated carbocycles. The third-order valence-electron chi connectivity index (χ3n) is 1.93. The molecule has 0 aromatic rings. The topological polar surface area (TPSA) is 104 Å². The first-order valence-corrected chi connectivity index (χ1v) is 6.05. The quantitative estimate of drug-likeness (QED) is 0.705. The Kier molecular flexibility index (Phi) is 7.45. The summed E-state index contributed by atoms with van der Waals surface area (Å²) in [6.07, 6.45) is -3.24. The summed E-state index contributed by atoms with van der Waals surface area (Å²) in [5.41, 5.74) is 0. The van der Waals surface area contributed by atoms with Gasteiger partial charge in [0.1, 0.15) is 0 Å². The van der Waals surface area contributed by atoms with E-state index in [-0.39, 0.29) is 16.9 Å². The van der Waals surface area contributed by atoms with Crippen LogP contribution in [0.25, 0.3) is 0 Å². The summed E-state index contributed by atoms with van der Waals surface area (Å²) in [6.45, 7) is 0.865. The summed E-state index contributed by atoms with van der Waals surface area (Å²) in [6, 6.07) is -0.116. The maximum absolute atomic E-state index is 11.2. The minimum Gasteiger partial charge on any atom is -0.481 e. The highest BCUT2D eigenvalue weighted by molar-refractivity contribution is 8.14. The van der Waals surface area contributed by atoms with Crippen LogP contribution in [-0.4, -0.2) is 51.8 Å². The SMILES string of the molecule is O=C(O)C(F)(F)F.O=C(O)CSC(=O)[C@@H]1CCCN1. The maximum atomic E-state index is 11.2. The molecule has 1 aliphatic heterocycles. The molecule has 1 rings (SSSR count). The average molecular weight is 303 g/mol. The molecule has 0 aromatic carbocycles. The molecule has 1 fully saturated rings. The molecule has 0 aromatic heterocycles. The highest BCUT2D eigenvalue weighted by atomic mass is 32.2. The fourth-order valence-corrected chi connectivity index (χ4v) is 1.79. The summed E-state index contributed by atoms with van der Waals surface area (Å²) in [5, 5.41) is 18.4. The van der Waals surface area contributed by atoms with Crippen molar-refractivity contribution in [3.8, 4) is 0 Å². The lowest BCUT2D eigenvalue weighted by Crippen LogP contribution is -2.29. The number of rotatable bonds is 3. The van der Waals surface area contributed by atoms with Gasteiger partial charge in [0.25, 0.3) is 0 Å². The largest absolute Gasteiger partial charge is 0.490 e. The van der Waals surface area contributed by atoms with Gasteiger partial charge in [0.2, 0.25) is 5.12 Å². The number of carboxylic acid groups (broad SMARTS) is 2. The third-order valence-corrected chi connectivity index (χ3v) is 2.89. The van der Waals surface area contributed by atoms with E-state index in [9.17, 15) is 22.8 Å². The van der Waals surface area contributed by atoms with E-state index in [4.69, 9.17) is 15.0 Å². The average Bonchev–Trinajstić information content (AvgIpc) is 2.78. The highest BCUT2D eigenvalue weighted by Gasteiger charge is 2.38. The van der Waals surface area contributed by atoms with E-state index in [0.717, 1.165) is 31.1 Å². The third kappa shape index (κ3) is 8.43. The number of halogens is 3. The summed E-state index contributed by atoms with van der Waals surface area (Å²) in [5.74, 6) is -3.82. The van der Waals surface area contributed by atoms with Gasteiger partial charge in [-0.2, -0.15) is 13.2 Å². The van der Waals surface area contributed by atoms with Gasteiger partial charge in [-0.25, -0.2) is 4.79 Å². The standard InChI is InChI=1S/C7H11NO3S.C2HF3O2/c9-6(10)4-12-7(11)5-2-1-3-8-5;3-2(4,5)1(6)7/h5,8H,1-4H2,(H,9,10);(H,6,7)/t5-;/m0./s1. The number of nitrogens with one attached hydrogen (secondary N) is 1. The van der Waals surface area contributed by atoms with Gasteiger partial charge in [0, 0.05) is 0 Å². The van der Waals surface area contributed by atoms with Gasteiger partial charge in [0.05, 0.1) is 11.8 Å². The summed E-state index contributed by atoms with van der Waals surface area (Å²) >= 11 is 0.881. The summed E-state index contributed by atoms with van der Waals surface area (Å²) < 4.78 is 31.7. The van der Waals surface area contributed by atoms with Crippen molar-refractivity contribution in [3.05, 3.63) is 0 Å². The second kappa shape index (κ2) is 8.00. The minimum absolute atomic E-state index is 0.0464. The smallest absolute Gasteiger partial charge is 0.481 e. The van der Waals surface area contributed by atoms with Crippen LogP contribution < -0.4 is 5.32 Å². The molecule has 10 heteroatoms. The van der Waals surface area contributed by atoms with E-state index in [1.165, 1.54) is 0 Å². The Labute approximate surface area is 110 Å². The predicted octanol–water partition coefficient (Wildman–Crippen LogP) is 0.716. The molecule has 0 bridgehead atoms. The van der Waals surface area contributed by atoms with Crippen molar-refractivity contribution in [2.24, 2.45) is 0 Å². The van der Waals surface area contributed by atoms with Crippen LogP contribution in [0.15, 0.2) is 0 Å². The molecular weight excluding hydrogens is 291 g/mol. The van der Waals surface area contributed by atoms with Crippen molar-refractivity contribution in [2.75, 3.05) is 12.3 Å². The van der Waals surface area contributed by atoms with Crippen LogP contribution in [-0.2, 0) is 14.4 Å². The van der Waals surface area contributed by atoms with E-state index in [1.54, 1.807) is 0 Å². The molecule has 0 unspecified atom stereocenters. The monoisotopic (exact) mass is 303 g/mol. The van der Waals surface area contributed by atoms with Crippen molar-refractivity contribution in [1.82, 2.24) is 5.32 Å². The van der Waals surface area contributed by atoms with Crippen molar-refractivity contribution in [3.63, 3.8) is 0 Å². The number of aliphatic carboxylic acids is 2. The second-order valence-electron chi connectivity index (χ2n) is 3.45. The number of thioether (sulfide) groups is 1. The Bertz CT molecular complexity index is 341. The molecule has 110 valence electrons. The van der Waals surface area contributed by atoms with Gasteiger partial charge in [-0.1, -0.05) is 11.8 Å².